The molecule has 1 aliphatic rings. The summed E-state index contributed by atoms with van der Waals surface area (Å²) in [7, 11) is 0. The molecule has 2 aromatic rings. The first-order chi connectivity index (χ1) is 9.72. The highest BCUT2D eigenvalue weighted by Gasteiger charge is 2.39. The molecule has 0 spiro atoms. The number of rotatable bonds is 3. The van der Waals surface area contributed by atoms with Crippen molar-refractivity contribution >= 4 is 11.7 Å². The number of urea groups is 1. The molecule has 2 N–H and O–H groups in total. The van der Waals surface area contributed by atoms with Gasteiger partial charge in [-0.2, -0.15) is 0 Å². The maximum Gasteiger partial charge on any atom is 0.319 e. The highest BCUT2D eigenvalue weighted by atomic mass is 19.1. The van der Waals surface area contributed by atoms with Crippen molar-refractivity contribution in [2.45, 2.75) is 18.4 Å². The Morgan fingerprint density at radius 2 is 1.85 bits per heavy atom. The normalized spacial score (nSPS) is 20.2. The first kappa shape index (κ1) is 12.6. The number of hydrogen-bond acceptors (Lipinski definition) is 2. The van der Waals surface area contributed by atoms with Crippen molar-refractivity contribution in [1.29, 1.82) is 0 Å². The van der Waals surface area contributed by atoms with Gasteiger partial charge in [-0.15, -0.1) is 0 Å². The quantitative estimate of drug-likeness (QED) is 0.901. The molecule has 1 aromatic heterocycles. The van der Waals surface area contributed by atoms with E-state index in [9.17, 15) is 9.18 Å². The summed E-state index contributed by atoms with van der Waals surface area (Å²) in [6.45, 7) is 0. The predicted molar refractivity (Wildman–Crippen MR) is 73.9 cm³/mol. The van der Waals surface area contributed by atoms with E-state index < -0.39 is 0 Å². The van der Waals surface area contributed by atoms with E-state index in [1.54, 1.807) is 36.7 Å². The van der Waals surface area contributed by atoms with E-state index in [1.165, 1.54) is 12.1 Å². The molecule has 0 aliphatic heterocycles. The summed E-state index contributed by atoms with van der Waals surface area (Å²) >= 11 is 0. The van der Waals surface area contributed by atoms with E-state index >= 15 is 0 Å². The van der Waals surface area contributed by atoms with Gasteiger partial charge in [0.1, 0.15) is 5.82 Å². The fraction of sp³-hybridized carbons (Fsp3) is 0.200. The van der Waals surface area contributed by atoms with Crippen molar-refractivity contribution in [3.8, 4) is 0 Å². The van der Waals surface area contributed by atoms with Crippen LogP contribution in [0.15, 0.2) is 48.8 Å². The summed E-state index contributed by atoms with van der Waals surface area (Å²) in [5, 5.41) is 5.65. The molecular formula is C15H14FN3O. The SMILES string of the molecule is O=C(Nc1ccncc1)N[C@@H]1C[C@H]1c1ccc(F)cc1. The second-order valence-corrected chi connectivity index (χ2v) is 4.83. The zero-order valence-corrected chi connectivity index (χ0v) is 10.7. The van der Waals surface area contributed by atoms with Gasteiger partial charge in [-0.25, -0.2) is 9.18 Å². The third kappa shape index (κ3) is 2.93. The van der Waals surface area contributed by atoms with Crippen molar-refractivity contribution in [1.82, 2.24) is 10.3 Å². The van der Waals surface area contributed by atoms with Gasteiger partial charge in [-0.1, -0.05) is 12.1 Å². The van der Waals surface area contributed by atoms with Crippen LogP contribution in [-0.4, -0.2) is 17.1 Å². The number of carbonyl (C=O) groups is 1. The first-order valence-corrected chi connectivity index (χ1v) is 6.45. The van der Waals surface area contributed by atoms with Gasteiger partial charge in [-0.05, 0) is 36.2 Å². The third-order valence-corrected chi connectivity index (χ3v) is 3.34. The Morgan fingerprint density at radius 3 is 2.55 bits per heavy atom. The number of benzene rings is 1. The molecule has 20 heavy (non-hydrogen) atoms. The number of nitrogens with zero attached hydrogens (tertiary/aromatic N) is 1. The Kier molecular flexibility index (Phi) is 3.33. The van der Waals surface area contributed by atoms with Crippen LogP contribution >= 0.6 is 0 Å². The predicted octanol–water partition coefficient (Wildman–Crippen LogP) is 2.90. The summed E-state index contributed by atoms with van der Waals surface area (Å²) in [4.78, 5) is 15.7. The molecule has 5 heteroatoms. The van der Waals surface area contributed by atoms with Crippen molar-refractivity contribution in [3.05, 3.63) is 60.2 Å². The summed E-state index contributed by atoms with van der Waals surface area (Å²) in [6.07, 6.45) is 4.12. The average Bonchev–Trinajstić information content (AvgIpc) is 3.19. The molecule has 2 atom stereocenters. The molecule has 1 aliphatic carbocycles. The van der Waals surface area contributed by atoms with Crippen molar-refractivity contribution in [2.24, 2.45) is 0 Å². The van der Waals surface area contributed by atoms with Crippen molar-refractivity contribution in [3.63, 3.8) is 0 Å². The van der Waals surface area contributed by atoms with Crippen LogP contribution in [0.1, 0.15) is 17.9 Å². The van der Waals surface area contributed by atoms with Crippen LogP contribution in [0.25, 0.3) is 0 Å². The van der Waals surface area contributed by atoms with Gasteiger partial charge >= 0.3 is 6.03 Å². The molecule has 1 fully saturated rings. The van der Waals surface area contributed by atoms with E-state index in [-0.39, 0.29) is 23.8 Å². The minimum Gasteiger partial charge on any atom is -0.334 e. The zero-order chi connectivity index (χ0) is 13.9. The molecule has 102 valence electrons. The van der Waals surface area contributed by atoms with Crippen LogP contribution in [0.5, 0.6) is 0 Å². The van der Waals surface area contributed by atoms with Gasteiger partial charge in [-0.3, -0.25) is 4.98 Å². The third-order valence-electron chi connectivity index (χ3n) is 3.34. The van der Waals surface area contributed by atoms with Crippen LogP contribution in [-0.2, 0) is 0 Å². The molecule has 2 amide bonds. The van der Waals surface area contributed by atoms with E-state index in [0.29, 0.717) is 5.69 Å². The topological polar surface area (TPSA) is 54.0 Å². The number of aromatic nitrogens is 1. The Balaban J connectivity index is 1.53. The molecule has 0 unspecified atom stereocenters. The Bertz CT molecular complexity index is 600. The molecular weight excluding hydrogens is 257 g/mol. The highest BCUT2D eigenvalue weighted by Crippen LogP contribution is 2.40. The zero-order valence-electron chi connectivity index (χ0n) is 10.7. The highest BCUT2D eigenvalue weighted by molar-refractivity contribution is 5.89. The van der Waals surface area contributed by atoms with Crippen LogP contribution < -0.4 is 10.6 Å². The monoisotopic (exact) mass is 271 g/mol. The summed E-state index contributed by atoms with van der Waals surface area (Å²) < 4.78 is 12.8. The lowest BCUT2D eigenvalue weighted by Crippen LogP contribution is -2.31. The number of carbonyl (C=O) groups excluding carboxylic acids is 1. The van der Waals surface area contributed by atoms with Crippen molar-refractivity contribution in [2.75, 3.05) is 5.32 Å². The minimum atomic E-state index is -0.241. The van der Waals surface area contributed by atoms with E-state index in [1.807, 2.05) is 0 Å². The summed E-state index contributed by atoms with van der Waals surface area (Å²) in [5.41, 5.74) is 1.76. The number of hydrogen-bond donors (Lipinski definition) is 2. The van der Waals surface area contributed by atoms with Crippen LogP contribution in [0.3, 0.4) is 0 Å². The van der Waals surface area contributed by atoms with Crippen LogP contribution in [0, 0.1) is 5.82 Å². The molecule has 4 nitrogen and oxygen atoms in total. The number of nitrogens with one attached hydrogen (secondary N) is 2. The second kappa shape index (κ2) is 5.28. The number of anilines is 1. The molecule has 1 heterocycles. The fourth-order valence-electron chi connectivity index (χ4n) is 2.20. The first-order valence-electron chi connectivity index (χ1n) is 6.45. The lowest BCUT2D eigenvalue weighted by atomic mass is 10.1. The molecule has 0 saturated heterocycles. The van der Waals surface area contributed by atoms with Crippen LogP contribution in [0.4, 0.5) is 14.9 Å². The van der Waals surface area contributed by atoms with E-state index in [0.717, 1.165) is 12.0 Å². The summed E-state index contributed by atoms with van der Waals surface area (Å²) in [6, 6.07) is 9.76. The van der Waals surface area contributed by atoms with Crippen LogP contribution in [0.2, 0.25) is 0 Å². The van der Waals surface area contributed by atoms with Crippen molar-refractivity contribution < 1.29 is 9.18 Å². The second-order valence-electron chi connectivity index (χ2n) is 4.83. The molecule has 3 rings (SSSR count). The number of halogens is 1. The maximum atomic E-state index is 12.8. The Hall–Kier alpha value is -2.43. The lowest BCUT2D eigenvalue weighted by Gasteiger charge is -2.07. The van der Waals surface area contributed by atoms with Gasteiger partial charge in [0.25, 0.3) is 0 Å². The molecule has 0 radical (unpaired) electrons. The summed E-state index contributed by atoms with van der Waals surface area (Å²) in [5.74, 6) is 0.0353. The lowest BCUT2D eigenvalue weighted by molar-refractivity contribution is 0.251. The van der Waals surface area contributed by atoms with Gasteiger partial charge in [0.05, 0.1) is 0 Å². The number of pyridine rings is 1. The van der Waals surface area contributed by atoms with E-state index in [2.05, 4.69) is 15.6 Å². The standard InChI is InChI=1S/C15H14FN3O/c16-11-3-1-10(2-4-11)13-9-14(13)19-15(20)18-12-5-7-17-8-6-12/h1-8,13-14H,9H2,(H2,17,18,19,20)/t13-,14+/m0/s1. The van der Waals surface area contributed by atoms with Gasteiger partial charge in [0, 0.05) is 30.0 Å². The largest absolute Gasteiger partial charge is 0.334 e. The van der Waals surface area contributed by atoms with Gasteiger partial charge < -0.3 is 10.6 Å². The Labute approximate surface area is 116 Å². The maximum absolute atomic E-state index is 12.8. The molecule has 1 aromatic carbocycles. The van der Waals surface area contributed by atoms with Gasteiger partial charge in [0.2, 0.25) is 0 Å². The number of amides is 2. The smallest absolute Gasteiger partial charge is 0.319 e. The minimum absolute atomic E-state index is 0.113. The van der Waals surface area contributed by atoms with Gasteiger partial charge in [0.15, 0.2) is 0 Å². The fourth-order valence-corrected chi connectivity index (χ4v) is 2.20. The average molecular weight is 271 g/mol. The van der Waals surface area contributed by atoms with E-state index in [4.69, 9.17) is 0 Å². The Morgan fingerprint density at radius 1 is 1.15 bits per heavy atom. The molecule has 0 bridgehead atoms. The molecule has 1 saturated carbocycles.